The number of fused-ring (bicyclic) bond motifs is 11. The number of halogens is 6. The average Bonchev–Trinajstić information content (AvgIpc) is 1.60. The summed E-state index contributed by atoms with van der Waals surface area (Å²) in [6, 6.07) is 43.5. The van der Waals surface area contributed by atoms with Crippen molar-refractivity contribution in [3.63, 3.8) is 0 Å². The lowest BCUT2D eigenvalue weighted by molar-refractivity contribution is -0.111. The maximum absolute atomic E-state index is 13.7. The van der Waals surface area contributed by atoms with Crippen LogP contribution >= 0.6 is 45.3 Å². The van der Waals surface area contributed by atoms with Crippen LogP contribution in [-0.4, -0.2) is 47.1 Å². The maximum atomic E-state index is 13.7. The Bertz CT molecular complexity index is 5060. The van der Waals surface area contributed by atoms with Crippen LogP contribution in [0.5, 0.6) is 11.5 Å². The minimum absolute atomic E-state index is 0.107. The van der Waals surface area contributed by atoms with E-state index in [0.29, 0.717) is 78.3 Å². The van der Waals surface area contributed by atoms with E-state index < -0.39 is 23.6 Å². The fourth-order valence-electron chi connectivity index (χ4n) is 12.6. The Morgan fingerprint density at radius 2 is 0.673 bits per heavy atom. The summed E-state index contributed by atoms with van der Waals surface area (Å²) in [6.07, 6.45) is 3.63. The molecule has 8 aromatic rings. The average molecular weight is 1430 g/mol. The largest absolute Gasteiger partial charge is 0.482 e. The molecule has 0 bridgehead atoms. The predicted octanol–water partition coefficient (Wildman–Crippen LogP) is 21.4. The van der Waals surface area contributed by atoms with E-state index in [2.05, 4.69) is 6.07 Å². The molecule has 1 spiro atoms. The number of thiophene rings is 4. The smallest absolute Gasteiger partial charge is 0.386 e. The molecule has 1 fully saturated rings. The van der Waals surface area contributed by atoms with Crippen molar-refractivity contribution in [1.82, 2.24) is 0 Å². The van der Waals surface area contributed by atoms with Crippen LogP contribution in [0.2, 0.25) is 0 Å². The standard InChI is InChI=1S/C40H22N4O3S2.C31H18O5S2.2C2H3F3.2C2H6/c41-18-22(19-42)34-26-8-2-4-10-28(26)36(45)30(34)14-24-16-32-38(48-24)39-33(47-40(32)12-6-1-7-13-40)17-25(49-39)15-31-35(23(20-43)21-44)27-9-3-5-11-29(27)37(31)46;1-31(2)23-13-15(11-21-25(32)17-7-3-4-8-18(17)26(21)33)37-29(23)30-24(36-31)14-16(38-30)12-22-27(34)19-9-5-6-10-20(19)28(22)35;2*1-2(3,4)5;2*1-2/h2-5,8-11,14-17H,1,6-7,12-13H2;3-14H,1-2H3;2*1H3;2*1-2H3/b30-14-,31-15-;;;;;. The Morgan fingerprint density at radius 3 is 1.02 bits per heavy atom. The number of carbonyl (C=O) groups excluding carboxylic acids is 6. The summed E-state index contributed by atoms with van der Waals surface area (Å²) in [5, 5.41) is 39.1. The molecule has 15 rings (SSSR count). The number of nitrogens with zero attached hydrogens (tertiary/aromatic N) is 4. The van der Waals surface area contributed by atoms with Gasteiger partial charge in [0.05, 0.1) is 30.7 Å². The van der Waals surface area contributed by atoms with E-state index >= 15 is 0 Å². The van der Waals surface area contributed by atoms with Crippen LogP contribution in [0.3, 0.4) is 0 Å². The van der Waals surface area contributed by atoms with E-state index in [1.54, 1.807) is 121 Å². The van der Waals surface area contributed by atoms with E-state index in [0.717, 1.165) is 82.2 Å². The number of ether oxygens (including phenoxy) is 2. The summed E-state index contributed by atoms with van der Waals surface area (Å²) in [6.45, 7) is 12.3. The van der Waals surface area contributed by atoms with E-state index in [4.69, 9.17) is 9.47 Å². The quantitative estimate of drug-likeness (QED) is 0.0696. The Kier molecular flexibility index (Phi) is 21.1. The van der Waals surface area contributed by atoms with Gasteiger partial charge in [-0.25, -0.2) is 0 Å². The molecule has 0 radical (unpaired) electrons. The van der Waals surface area contributed by atoms with Crippen molar-refractivity contribution in [3.8, 4) is 55.3 Å². The third kappa shape index (κ3) is 14.4. The molecule has 508 valence electrons. The first kappa shape index (κ1) is 73.0. The number of hydrogen-bond donors (Lipinski definition) is 0. The molecular formula is C79H58F6N4O8S4. The monoisotopic (exact) mass is 1430 g/mol. The summed E-state index contributed by atoms with van der Waals surface area (Å²) in [4.78, 5) is 85.7. The molecule has 7 aliphatic rings. The Morgan fingerprint density at radius 1 is 0.406 bits per heavy atom. The van der Waals surface area contributed by atoms with Crippen molar-refractivity contribution in [3.05, 3.63) is 230 Å². The van der Waals surface area contributed by atoms with Crippen LogP contribution < -0.4 is 9.47 Å². The van der Waals surface area contributed by atoms with Crippen molar-refractivity contribution in [2.75, 3.05) is 0 Å². The number of carbonyl (C=O) groups is 6. The summed E-state index contributed by atoms with van der Waals surface area (Å²) < 4.78 is 75.4. The number of alkyl halides is 6. The van der Waals surface area contributed by atoms with Gasteiger partial charge in [0.1, 0.15) is 58.1 Å². The number of Topliss-reactive ketones (excluding diaryl/α,β-unsaturated/α-hetero) is 6. The number of ketones is 6. The van der Waals surface area contributed by atoms with E-state index in [9.17, 15) is 76.2 Å². The van der Waals surface area contributed by atoms with Crippen molar-refractivity contribution < 1.29 is 64.6 Å². The molecule has 22 heteroatoms. The molecule has 0 unspecified atom stereocenters. The zero-order valence-electron chi connectivity index (χ0n) is 55.3. The number of hydrogen-bond acceptors (Lipinski definition) is 16. The topological polar surface area (TPSA) is 216 Å². The molecule has 0 saturated heterocycles. The molecule has 0 atom stereocenters. The van der Waals surface area contributed by atoms with E-state index in [-0.39, 0.29) is 70.8 Å². The van der Waals surface area contributed by atoms with Gasteiger partial charge in [-0.05, 0) is 99.2 Å². The predicted molar refractivity (Wildman–Crippen MR) is 380 cm³/mol. The van der Waals surface area contributed by atoms with Crippen LogP contribution in [0, 0.1) is 45.3 Å². The Balaban J connectivity index is 0.000000188. The lowest BCUT2D eigenvalue weighted by Crippen LogP contribution is -2.37. The summed E-state index contributed by atoms with van der Waals surface area (Å²) in [7, 11) is 0. The van der Waals surface area contributed by atoms with Gasteiger partial charge in [0, 0.05) is 100 Å². The zero-order chi connectivity index (χ0) is 73.2. The highest BCUT2D eigenvalue weighted by Crippen LogP contribution is 2.58. The van der Waals surface area contributed by atoms with Crippen molar-refractivity contribution in [2.24, 2.45) is 0 Å². The molecule has 0 amide bonds. The first-order chi connectivity index (χ1) is 48.1. The number of rotatable bonds is 4. The van der Waals surface area contributed by atoms with E-state index in [1.807, 2.05) is 84.0 Å². The van der Waals surface area contributed by atoms with Crippen LogP contribution in [0.1, 0.15) is 191 Å². The molecule has 2 aliphatic heterocycles. The van der Waals surface area contributed by atoms with Crippen LogP contribution in [0.25, 0.3) is 55.0 Å². The first-order valence-electron chi connectivity index (χ1n) is 31.8. The van der Waals surface area contributed by atoms with E-state index in [1.165, 1.54) is 45.3 Å². The van der Waals surface area contributed by atoms with Crippen molar-refractivity contribution in [2.45, 2.75) is 111 Å². The lowest BCUT2D eigenvalue weighted by Gasteiger charge is -2.40. The maximum Gasteiger partial charge on any atom is 0.386 e. The number of allylic oxidation sites excluding steroid dienone is 8. The number of benzene rings is 4. The van der Waals surface area contributed by atoms with Crippen LogP contribution in [0.15, 0.2) is 155 Å². The summed E-state index contributed by atoms with van der Waals surface area (Å²) in [5.41, 5.74) is 6.01. The van der Waals surface area contributed by atoms with Gasteiger partial charge >= 0.3 is 12.4 Å². The van der Waals surface area contributed by atoms with Gasteiger partial charge in [0.15, 0.2) is 34.7 Å². The third-order valence-electron chi connectivity index (χ3n) is 16.6. The fourth-order valence-corrected chi connectivity index (χ4v) is 17.4. The van der Waals surface area contributed by atoms with Crippen molar-refractivity contribution in [1.29, 1.82) is 21.0 Å². The first-order valence-corrected chi connectivity index (χ1v) is 35.1. The minimum atomic E-state index is -4.00. The van der Waals surface area contributed by atoms with Gasteiger partial charge in [0.2, 0.25) is 0 Å². The summed E-state index contributed by atoms with van der Waals surface area (Å²) >= 11 is 5.94. The van der Waals surface area contributed by atoms with Crippen molar-refractivity contribution >= 4 is 115 Å². The van der Waals surface area contributed by atoms with Gasteiger partial charge in [-0.3, -0.25) is 28.8 Å². The highest BCUT2D eigenvalue weighted by Gasteiger charge is 2.45. The Hall–Kier alpha value is -10.7. The molecule has 5 aliphatic carbocycles. The van der Waals surface area contributed by atoms with Crippen LogP contribution in [0.4, 0.5) is 26.3 Å². The third-order valence-corrected chi connectivity index (χ3v) is 21.3. The van der Waals surface area contributed by atoms with Gasteiger partial charge in [0.25, 0.3) is 0 Å². The van der Waals surface area contributed by atoms with Gasteiger partial charge in [-0.15, -0.1) is 45.3 Å². The van der Waals surface area contributed by atoms with Crippen LogP contribution in [-0.2, 0) is 11.2 Å². The molecule has 4 aromatic carbocycles. The molecular weight excluding hydrogens is 1380 g/mol. The van der Waals surface area contributed by atoms with Gasteiger partial charge in [-0.1, -0.05) is 131 Å². The molecule has 6 heterocycles. The lowest BCUT2D eigenvalue weighted by atomic mass is 9.78. The second-order valence-electron chi connectivity index (χ2n) is 23.6. The highest BCUT2D eigenvalue weighted by atomic mass is 32.1. The minimum Gasteiger partial charge on any atom is -0.482 e. The van der Waals surface area contributed by atoms with Gasteiger partial charge in [-0.2, -0.15) is 47.4 Å². The SMILES string of the molecule is CC.CC.CC(F)(F)F.CC(F)(F)F.CC1(C)Oc2cc(C=C3C(=O)c4ccccc4C3=O)sc2-c2sc(C=C3C(=O)c4ccccc4C3=O)cc21.N#CC(C#N)=C1/C(=C/c2cc3c(s2)-c2sc(/C=C4\C(=O)c5ccccc5C4=C(C#N)C#N)cc2C2(CCCCC2)O3)C(=O)c2ccccc21. The second-order valence-corrected chi connectivity index (χ2v) is 28.0. The normalized spacial score (nSPS) is 16.4. The second kappa shape index (κ2) is 29.2. The number of nitriles is 4. The fraction of sp³-hybridized carbons (Fsp3) is 0.215. The molecule has 101 heavy (non-hydrogen) atoms. The Labute approximate surface area is 593 Å². The zero-order valence-corrected chi connectivity index (χ0v) is 58.6. The summed E-state index contributed by atoms with van der Waals surface area (Å²) in [5.74, 6) is -0.133. The van der Waals surface area contributed by atoms with Gasteiger partial charge < -0.3 is 9.47 Å². The highest BCUT2D eigenvalue weighted by molar-refractivity contribution is 7.24. The molecule has 4 aromatic heterocycles. The molecule has 0 N–H and O–H groups in total. The molecule has 12 nitrogen and oxygen atoms in total. The molecule has 1 saturated carbocycles.